The number of hydrazone groups is 2. The summed E-state index contributed by atoms with van der Waals surface area (Å²) in [5.41, 5.74) is 14.1. The van der Waals surface area contributed by atoms with Crippen LogP contribution in [0.5, 0.6) is 0 Å². The third-order valence-electron chi connectivity index (χ3n) is 2.65. The van der Waals surface area contributed by atoms with Crippen LogP contribution in [0.3, 0.4) is 0 Å². The highest BCUT2D eigenvalue weighted by atomic mass is 15.4. The molecule has 0 heterocycles. The molecule has 1 aliphatic carbocycles. The molecule has 84 valence electrons. The number of hydrogen-bond donors (Lipinski definition) is 3. The lowest BCUT2D eigenvalue weighted by Gasteiger charge is -2.24. The van der Waals surface area contributed by atoms with Gasteiger partial charge in [-0.25, -0.2) is 5.43 Å². The molecular formula is C11H15N5. The van der Waals surface area contributed by atoms with Crippen molar-refractivity contribution in [1.82, 2.24) is 5.43 Å². The molecular weight excluding hydrogens is 202 g/mol. The first-order valence-electron chi connectivity index (χ1n) is 5.08. The first-order valence-corrected chi connectivity index (χ1v) is 5.08. The highest BCUT2D eigenvalue weighted by Crippen LogP contribution is 2.28. The summed E-state index contributed by atoms with van der Waals surface area (Å²) in [6, 6.07) is 4.33. The lowest BCUT2D eigenvalue weighted by atomic mass is 9.82. The number of nitrogens with one attached hydrogen (secondary N) is 1. The van der Waals surface area contributed by atoms with Gasteiger partial charge in [0.05, 0.1) is 5.71 Å². The minimum Gasteiger partial charge on any atom is -0.367 e. The Balaban J connectivity index is 2.25. The van der Waals surface area contributed by atoms with E-state index in [0.717, 1.165) is 12.1 Å². The molecule has 1 aromatic carbocycles. The second-order valence-corrected chi connectivity index (χ2v) is 3.98. The molecule has 16 heavy (non-hydrogen) atoms. The maximum absolute atomic E-state index is 5.39. The first-order chi connectivity index (χ1) is 7.61. The summed E-state index contributed by atoms with van der Waals surface area (Å²) in [5.74, 6) is 5.11. The van der Waals surface area contributed by atoms with Gasteiger partial charge in [0.2, 0.25) is 5.96 Å². The van der Waals surface area contributed by atoms with Crippen LogP contribution in [0, 0.1) is 13.8 Å². The molecule has 0 saturated carbocycles. The van der Waals surface area contributed by atoms with E-state index in [0.29, 0.717) is 0 Å². The summed E-state index contributed by atoms with van der Waals surface area (Å²) < 4.78 is 0. The van der Waals surface area contributed by atoms with E-state index in [1.54, 1.807) is 0 Å². The van der Waals surface area contributed by atoms with Crippen LogP contribution < -0.4 is 17.0 Å². The van der Waals surface area contributed by atoms with Gasteiger partial charge in [0, 0.05) is 12.0 Å². The zero-order chi connectivity index (χ0) is 11.7. The molecule has 0 fully saturated rings. The van der Waals surface area contributed by atoms with Crippen LogP contribution in [-0.2, 0) is 6.42 Å². The fraction of sp³-hybridized carbons (Fsp3) is 0.273. The van der Waals surface area contributed by atoms with Crippen LogP contribution in [-0.4, -0.2) is 11.7 Å². The highest BCUT2D eigenvalue weighted by Gasteiger charge is 2.23. The average Bonchev–Trinajstić information content (AvgIpc) is 2.19. The molecule has 0 radical (unpaired) electrons. The number of guanidine groups is 1. The summed E-state index contributed by atoms with van der Waals surface area (Å²) >= 11 is 0. The largest absolute Gasteiger partial charge is 0.367 e. The lowest BCUT2D eigenvalue weighted by Crippen LogP contribution is -2.32. The van der Waals surface area contributed by atoms with Gasteiger partial charge in [-0.15, -0.1) is 5.10 Å². The number of nitrogens with zero attached hydrogens (tertiary/aromatic N) is 2. The van der Waals surface area contributed by atoms with Gasteiger partial charge in [-0.2, -0.15) is 5.10 Å². The molecule has 5 nitrogen and oxygen atoms in total. The number of rotatable bonds is 1. The standard InChI is InChI=1S/C11H15N5/c1-6-3-7(2)10-8(4-6)5-9(10)15-16-11(12)14-13/h3-4H,5,13H2,1-2H3,(H3,12,14,16). The fourth-order valence-corrected chi connectivity index (χ4v) is 2.02. The van der Waals surface area contributed by atoms with Crippen molar-refractivity contribution in [2.24, 2.45) is 21.8 Å². The minimum atomic E-state index is 0.116. The van der Waals surface area contributed by atoms with Crippen molar-refractivity contribution in [2.45, 2.75) is 20.3 Å². The van der Waals surface area contributed by atoms with Crippen LogP contribution in [0.2, 0.25) is 0 Å². The molecule has 5 N–H and O–H groups in total. The van der Waals surface area contributed by atoms with Crippen LogP contribution in [0.25, 0.3) is 0 Å². The zero-order valence-electron chi connectivity index (χ0n) is 9.41. The van der Waals surface area contributed by atoms with Gasteiger partial charge < -0.3 is 11.6 Å². The Hall–Kier alpha value is -2.04. The third-order valence-corrected chi connectivity index (χ3v) is 2.65. The zero-order valence-corrected chi connectivity index (χ0v) is 9.41. The molecule has 0 aliphatic heterocycles. The van der Waals surface area contributed by atoms with E-state index in [-0.39, 0.29) is 5.96 Å². The van der Waals surface area contributed by atoms with E-state index >= 15 is 0 Å². The van der Waals surface area contributed by atoms with Crippen molar-refractivity contribution in [2.75, 3.05) is 0 Å². The van der Waals surface area contributed by atoms with Crippen molar-refractivity contribution < 1.29 is 0 Å². The monoisotopic (exact) mass is 217 g/mol. The summed E-state index contributed by atoms with van der Waals surface area (Å²) in [6.45, 7) is 4.18. The molecule has 0 spiro atoms. The van der Waals surface area contributed by atoms with Gasteiger partial charge in [-0.3, -0.25) is 0 Å². The topological polar surface area (TPSA) is 88.8 Å². The Bertz CT molecular complexity index is 470. The van der Waals surface area contributed by atoms with E-state index in [1.807, 2.05) is 0 Å². The van der Waals surface area contributed by atoms with E-state index in [4.69, 9.17) is 11.6 Å². The van der Waals surface area contributed by atoms with Crippen molar-refractivity contribution >= 4 is 11.7 Å². The predicted molar refractivity (Wildman–Crippen MR) is 65.1 cm³/mol. The maximum Gasteiger partial charge on any atom is 0.231 e. The number of hydrogen-bond acceptors (Lipinski definition) is 3. The summed E-state index contributed by atoms with van der Waals surface area (Å²) in [6.07, 6.45) is 0.864. The molecule has 1 aromatic rings. The number of fused-ring (bicyclic) bond motifs is 1. The van der Waals surface area contributed by atoms with Gasteiger partial charge in [-0.05, 0) is 25.0 Å². The number of nitrogens with two attached hydrogens (primary N) is 2. The molecule has 0 saturated heterocycles. The molecule has 1 aliphatic rings. The van der Waals surface area contributed by atoms with Gasteiger partial charge in [0.25, 0.3) is 0 Å². The Kier molecular flexibility index (Phi) is 2.52. The summed E-state index contributed by atoms with van der Waals surface area (Å²) in [4.78, 5) is 0. The summed E-state index contributed by atoms with van der Waals surface area (Å²) in [5, 5.41) is 7.45. The SMILES string of the molecule is Cc1cc(C)c2c(c1)CC2=NNC(N)=NN. The van der Waals surface area contributed by atoms with E-state index in [1.165, 1.54) is 22.3 Å². The van der Waals surface area contributed by atoms with Crippen molar-refractivity contribution in [3.8, 4) is 0 Å². The van der Waals surface area contributed by atoms with Gasteiger partial charge in [0.1, 0.15) is 0 Å². The molecule has 0 atom stereocenters. The van der Waals surface area contributed by atoms with Crippen molar-refractivity contribution in [3.05, 3.63) is 34.4 Å². The second kappa shape index (κ2) is 3.84. The quantitative estimate of drug-likeness (QED) is 0.274. The Labute approximate surface area is 94.2 Å². The number of benzene rings is 1. The molecule has 0 amide bonds. The Morgan fingerprint density at radius 1 is 1.38 bits per heavy atom. The number of aryl methyl sites for hydroxylation is 2. The van der Waals surface area contributed by atoms with Crippen LogP contribution in [0.15, 0.2) is 22.3 Å². The van der Waals surface area contributed by atoms with Crippen LogP contribution in [0.4, 0.5) is 0 Å². The predicted octanol–water partition coefficient (Wildman–Crippen LogP) is 0.342. The molecule has 0 unspecified atom stereocenters. The van der Waals surface area contributed by atoms with Crippen LogP contribution in [0.1, 0.15) is 22.3 Å². The highest BCUT2D eigenvalue weighted by molar-refractivity contribution is 6.11. The van der Waals surface area contributed by atoms with E-state index < -0.39 is 0 Å². The second-order valence-electron chi connectivity index (χ2n) is 3.98. The van der Waals surface area contributed by atoms with Crippen LogP contribution >= 0.6 is 0 Å². The normalized spacial score (nSPS) is 16.9. The fourth-order valence-electron chi connectivity index (χ4n) is 2.02. The minimum absolute atomic E-state index is 0.116. The first kappa shape index (κ1) is 10.5. The molecule has 0 aromatic heterocycles. The molecule has 5 heteroatoms. The smallest absolute Gasteiger partial charge is 0.231 e. The van der Waals surface area contributed by atoms with E-state index in [2.05, 4.69) is 41.6 Å². The van der Waals surface area contributed by atoms with Gasteiger partial charge in [-0.1, -0.05) is 17.7 Å². The summed E-state index contributed by atoms with van der Waals surface area (Å²) in [7, 11) is 0. The Morgan fingerprint density at radius 3 is 2.75 bits per heavy atom. The Morgan fingerprint density at radius 2 is 2.12 bits per heavy atom. The third kappa shape index (κ3) is 1.71. The lowest BCUT2D eigenvalue weighted by molar-refractivity contribution is 0.962. The van der Waals surface area contributed by atoms with Crippen molar-refractivity contribution in [1.29, 1.82) is 0 Å². The van der Waals surface area contributed by atoms with Gasteiger partial charge in [0.15, 0.2) is 0 Å². The maximum atomic E-state index is 5.39. The van der Waals surface area contributed by atoms with E-state index in [9.17, 15) is 0 Å². The van der Waals surface area contributed by atoms with Gasteiger partial charge >= 0.3 is 0 Å². The molecule has 2 rings (SSSR count). The average molecular weight is 217 g/mol. The molecule has 0 bridgehead atoms. The van der Waals surface area contributed by atoms with Crippen molar-refractivity contribution in [3.63, 3.8) is 0 Å².